The number of nitrogens with zero attached hydrogens (tertiary/aromatic N) is 1. The molecule has 1 aromatic rings. The topological polar surface area (TPSA) is 55.6 Å². The average molecular weight is 236 g/mol. The van der Waals surface area contributed by atoms with Crippen LogP contribution in [0.4, 0.5) is 5.69 Å². The zero-order valence-electron chi connectivity index (χ0n) is 10.5. The summed E-state index contributed by atoms with van der Waals surface area (Å²) in [4.78, 5) is 13.9. The minimum atomic E-state index is 0.0206. The molecule has 2 N–H and O–H groups in total. The minimum absolute atomic E-state index is 0.0206. The molecule has 0 unspecified atom stereocenters. The molecule has 0 saturated heterocycles. The molecule has 0 radical (unpaired) electrons. The highest BCUT2D eigenvalue weighted by Crippen LogP contribution is 2.08. The van der Waals surface area contributed by atoms with Gasteiger partial charge in [-0.15, -0.1) is 0 Å². The number of nitrogens with two attached hydrogens (primary N) is 1. The van der Waals surface area contributed by atoms with E-state index in [9.17, 15) is 4.79 Å². The zero-order valence-corrected chi connectivity index (χ0v) is 10.5. The second kappa shape index (κ2) is 6.91. The summed E-state index contributed by atoms with van der Waals surface area (Å²) < 4.78 is 5.26. The molecule has 0 spiro atoms. The van der Waals surface area contributed by atoms with Gasteiger partial charge in [0.1, 0.15) is 0 Å². The molecule has 0 bridgehead atoms. The molecular formula is C13H20N2O2. The van der Waals surface area contributed by atoms with E-state index in [-0.39, 0.29) is 5.91 Å². The van der Waals surface area contributed by atoms with Gasteiger partial charge in [0.15, 0.2) is 0 Å². The summed E-state index contributed by atoms with van der Waals surface area (Å²) in [6.07, 6.45) is 0. The number of carbonyl (C=O) groups is 1. The van der Waals surface area contributed by atoms with Crippen molar-refractivity contribution in [2.45, 2.75) is 13.8 Å². The Morgan fingerprint density at radius 3 is 2.47 bits per heavy atom. The lowest BCUT2D eigenvalue weighted by molar-refractivity contribution is 0.0669. The summed E-state index contributed by atoms with van der Waals surface area (Å²) in [5, 5.41) is 0. The third-order valence-electron chi connectivity index (χ3n) is 2.54. The van der Waals surface area contributed by atoms with Crippen LogP contribution >= 0.6 is 0 Å². The highest BCUT2D eigenvalue weighted by atomic mass is 16.5. The van der Waals surface area contributed by atoms with E-state index >= 15 is 0 Å². The maximum Gasteiger partial charge on any atom is 0.253 e. The fourth-order valence-electron chi connectivity index (χ4n) is 1.53. The van der Waals surface area contributed by atoms with Gasteiger partial charge in [0.05, 0.1) is 6.61 Å². The van der Waals surface area contributed by atoms with E-state index in [2.05, 4.69) is 0 Å². The lowest BCUT2D eigenvalue weighted by Crippen LogP contribution is -2.33. The largest absolute Gasteiger partial charge is 0.399 e. The summed E-state index contributed by atoms with van der Waals surface area (Å²) in [6.45, 7) is 6.45. The maximum atomic E-state index is 12.1. The molecule has 4 nitrogen and oxygen atoms in total. The molecule has 94 valence electrons. The highest BCUT2D eigenvalue weighted by Gasteiger charge is 2.13. The van der Waals surface area contributed by atoms with Crippen molar-refractivity contribution >= 4 is 11.6 Å². The number of amides is 1. The van der Waals surface area contributed by atoms with Crippen LogP contribution in [0.15, 0.2) is 24.3 Å². The van der Waals surface area contributed by atoms with Crippen molar-refractivity contribution in [3.05, 3.63) is 29.8 Å². The fourth-order valence-corrected chi connectivity index (χ4v) is 1.53. The van der Waals surface area contributed by atoms with Gasteiger partial charge in [0.2, 0.25) is 0 Å². The van der Waals surface area contributed by atoms with Crippen molar-refractivity contribution in [1.82, 2.24) is 4.90 Å². The average Bonchev–Trinajstić information content (AvgIpc) is 2.35. The third-order valence-corrected chi connectivity index (χ3v) is 2.54. The van der Waals surface area contributed by atoms with Crippen LogP contribution in [0.5, 0.6) is 0 Å². The van der Waals surface area contributed by atoms with E-state index in [0.29, 0.717) is 37.6 Å². The van der Waals surface area contributed by atoms with Gasteiger partial charge in [0, 0.05) is 30.9 Å². The van der Waals surface area contributed by atoms with E-state index in [1.54, 1.807) is 29.2 Å². The molecular weight excluding hydrogens is 216 g/mol. The third kappa shape index (κ3) is 4.07. The van der Waals surface area contributed by atoms with E-state index in [4.69, 9.17) is 10.5 Å². The standard InChI is InChI=1S/C13H20N2O2/c1-3-15(9-10-17-4-2)13(16)11-5-7-12(14)8-6-11/h5-8H,3-4,9-10,14H2,1-2H3. The van der Waals surface area contributed by atoms with Crippen LogP contribution in [0.25, 0.3) is 0 Å². The van der Waals surface area contributed by atoms with Crippen molar-refractivity contribution < 1.29 is 9.53 Å². The van der Waals surface area contributed by atoms with E-state index in [1.165, 1.54) is 0 Å². The first kappa shape index (κ1) is 13.5. The quantitative estimate of drug-likeness (QED) is 0.605. The van der Waals surface area contributed by atoms with Gasteiger partial charge < -0.3 is 15.4 Å². The van der Waals surface area contributed by atoms with Gasteiger partial charge in [-0.1, -0.05) is 0 Å². The number of carbonyl (C=O) groups excluding carboxylic acids is 1. The van der Waals surface area contributed by atoms with Crippen molar-refractivity contribution in [3.63, 3.8) is 0 Å². The fraction of sp³-hybridized carbons (Fsp3) is 0.462. The zero-order chi connectivity index (χ0) is 12.7. The van der Waals surface area contributed by atoms with Gasteiger partial charge in [-0.2, -0.15) is 0 Å². The number of rotatable bonds is 6. The Hall–Kier alpha value is -1.55. The molecule has 0 aliphatic carbocycles. The first-order valence-electron chi connectivity index (χ1n) is 5.91. The van der Waals surface area contributed by atoms with Crippen LogP contribution in [-0.2, 0) is 4.74 Å². The molecule has 1 amide bonds. The van der Waals surface area contributed by atoms with Crippen LogP contribution in [0.1, 0.15) is 24.2 Å². The molecule has 1 aromatic carbocycles. The maximum absolute atomic E-state index is 12.1. The molecule has 0 saturated carbocycles. The molecule has 1 rings (SSSR count). The van der Waals surface area contributed by atoms with Crippen molar-refractivity contribution in [2.24, 2.45) is 0 Å². The van der Waals surface area contributed by atoms with Gasteiger partial charge in [0.25, 0.3) is 5.91 Å². The lowest BCUT2D eigenvalue weighted by atomic mass is 10.2. The molecule has 0 fully saturated rings. The summed E-state index contributed by atoms with van der Waals surface area (Å²) in [5.41, 5.74) is 6.92. The summed E-state index contributed by atoms with van der Waals surface area (Å²) in [6, 6.07) is 6.98. The normalized spacial score (nSPS) is 10.2. The number of likely N-dealkylation sites (N-methyl/N-ethyl adjacent to an activating group) is 1. The second-order valence-corrected chi connectivity index (χ2v) is 3.70. The van der Waals surface area contributed by atoms with Crippen LogP contribution in [0.3, 0.4) is 0 Å². The van der Waals surface area contributed by atoms with E-state index in [1.807, 2.05) is 13.8 Å². The van der Waals surface area contributed by atoms with E-state index < -0.39 is 0 Å². The lowest BCUT2D eigenvalue weighted by Gasteiger charge is -2.20. The number of benzene rings is 1. The predicted molar refractivity (Wildman–Crippen MR) is 68.9 cm³/mol. The molecule has 0 aromatic heterocycles. The predicted octanol–water partition coefficient (Wildman–Crippen LogP) is 1.77. The van der Waals surface area contributed by atoms with Gasteiger partial charge in [-0.05, 0) is 38.1 Å². The first-order valence-corrected chi connectivity index (χ1v) is 5.91. The molecule has 17 heavy (non-hydrogen) atoms. The van der Waals surface area contributed by atoms with Crippen LogP contribution in [0.2, 0.25) is 0 Å². The number of hydrogen-bond donors (Lipinski definition) is 1. The smallest absolute Gasteiger partial charge is 0.253 e. The SMILES string of the molecule is CCOCCN(CC)C(=O)c1ccc(N)cc1. The van der Waals surface area contributed by atoms with Crippen molar-refractivity contribution in [2.75, 3.05) is 32.0 Å². The van der Waals surface area contributed by atoms with Gasteiger partial charge in [-0.3, -0.25) is 4.79 Å². The Morgan fingerprint density at radius 2 is 1.94 bits per heavy atom. The summed E-state index contributed by atoms with van der Waals surface area (Å²) in [5.74, 6) is 0.0206. The van der Waals surface area contributed by atoms with Crippen LogP contribution in [0, 0.1) is 0 Å². The van der Waals surface area contributed by atoms with Crippen LogP contribution in [-0.4, -0.2) is 37.1 Å². The molecule has 4 heteroatoms. The Bertz CT molecular complexity index is 349. The Labute approximate surface area is 102 Å². The monoisotopic (exact) mass is 236 g/mol. The van der Waals surface area contributed by atoms with Gasteiger partial charge >= 0.3 is 0 Å². The number of anilines is 1. The molecule has 0 aliphatic rings. The number of ether oxygens (including phenoxy) is 1. The van der Waals surface area contributed by atoms with Crippen LogP contribution < -0.4 is 5.73 Å². The summed E-state index contributed by atoms with van der Waals surface area (Å²) >= 11 is 0. The molecule has 0 heterocycles. The Morgan fingerprint density at radius 1 is 1.29 bits per heavy atom. The van der Waals surface area contributed by atoms with Gasteiger partial charge in [-0.25, -0.2) is 0 Å². The second-order valence-electron chi connectivity index (χ2n) is 3.70. The highest BCUT2D eigenvalue weighted by molar-refractivity contribution is 5.94. The van der Waals surface area contributed by atoms with E-state index in [0.717, 1.165) is 0 Å². The Balaban J connectivity index is 2.62. The first-order chi connectivity index (χ1) is 8.19. The molecule has 0 aliphatic heterocycles. The number of nitrogen functional groups attached to an aromatic ring is 1. The Kier molecular flexibility index (Phi) is 5.49. The van der Waals surface area contributed by atoms with Crippen molar-refractivity contribution in [3.8, 4) is 0 Å². The minimum Gasteiger partial charge on any atom is -0.399 e. The van der Waals surface area contributed by atoms with Crippen molar-refractivity contribution in [1.29, 1.82) is 0 Å². The number of hydrogen-bond acceptors (Lipinski definition) is 3. The summed E-state index contributed by atoms with van der Waals surface area (Å²) in [7, 11) is 0. The molecule has 0 atom stereocenters.